The number of pyridine rings is 1. The van der Waals surface area contributed by atoms with Gasteiger partial charge in [-0.05, 0) is 42.7 Å². The third-order valence-electron chi connectivity index (χ3n) is 4.98. The first kappa shape index (κ1) is 18.4. The van der Waals surface area contributed by atoms with Crippen molar-refractivity contribution in [2.45, 2.75) is 31.2 Å². The summed E-state index contributed by atoms with van der Waals surface area (Å²) in [5.41, 5.74) is 1.46. The van der Waals surface area contributed by atoms with Gasteiger partial charge in [0.1, 0.15) is 11.4 Å². The molecule has 4 rings (SSSR count). The Kier molecular flexibility index (Phi) is 5.21. The molecule has 1 aromatic carbocycles. The summed E-state index contributed by atoms with van der Waals surface area (Å²) in [6, 6.07) is 13.2. The predicted octanol–water partition coefficient (Wildman–Crippen LogP) is 4.20. The highest BCUT2D eigenvalue weighted by Gasteiger charge is 2.37. The van der Waals surface area contributed by atoms with Crippen molar-refractivity contribution in [3.8, 4) is 16.5 Å². The van der Waals surface area contributed by atoms with Crippen LogP contribution in [0.15, 0.2) is 48.7 Å². The van der Waals surface area contributed by atoms with E-state index in [1.165, 1.54) is 11.3 Å². The fourth-order valence-electron chi connectivity index (χ4n) is 3.59. The maximum atomic E-state index is 12.7. The van der Waals surface area contributed by atoms with Crippen LogP contribution in [-0.2, 0) is 5.54 Å². The van der Waals surface area contributed by atoms with Crippen LogP contribution in [0.1, 0.15) is 31.2 Å². The van der Waals surface area contributed by atoms with Crippen LogP contribution in [0.4, 0.5) is 9.93 Å². The van der Waals surface area contributed by atoms with E-state index in [0.29, 0.717) is 10.1 Å². The van der Waals surface area contributed by atoms with Crippen molar-refractivity contribution in [1.82, 2.24) is 20.5 Å². The highest BCUT2D eigenvalue weighted by Crippen LogP contribution is 2.39. The van der Waals surface area contributed by atoms with E-state index in [1.807, 2.05) is 42.5 Å². The first-order chi connectivity index (χ1) is 13.7. The van der Waals surface area contributed by atoms with Crippen LogP contribution in [0.5, 0.6) is 5.75 Å². The van der Waals surface area contributed by atoms with Gasteiger partial charge in [0.05, 0.1) is 12.6 Å². The summed E-state index contributed by atoms with van der Waals surface area (Å²) in [4.78, 5) is 17.0. The van der Waals surface area contributed by atoms with Gasteiger partial charge in [0.15, 0.2) is 5.01 Å². The van der Waals surface area contributed by atoms with Gasteiger partial charge in [0, 0.05) is 6.20 Å². The molecule has 1 aliphatic rings. The highest BCUT2D eigenvalue weighted by molar-refractivity contribution is 7.18. The monoisotopic (exact) mass is 395 g/mol. The molecule has 1 saturated carbocycles. The average molecular weight is 395 g/mol. The Labute approximate surface area is 167 Å². The van der Waals surface area contributed by atoms with Crippen LogP contribution in [0.2, 0.25) is 0 Å². The zero-order valence-corrected chi connectivity index (χ0v) is 16.3. The third-order valence-corrected chi connectivity index (χ3v) is 5.84. The third kappa shape index (κ3) is 3.82. The van der Waals surface area contributed by atoms with Crippen molar-refractivity contribution < 1.29 is 9.53 Å². The number of nitrogens with one attached hydrogen (secondary N) is 2. The van der Waals surface area contributed by atoms with E-state index in [0.717, 1.165) is 42.7 Å². The highest BCUT2D eigenvalue weighted by atomic mass is 32.1. The Morgan fingerprint density at radius 1 is 1.11 bits per heavy atom. The molecular weight excluding hydrogens is 374 g/mol. The molecule has 0 unspecified atom stereocenters. The van der Waals surface area contributed by atoms with Gasteiger partial charge < -0.3 is 10.1 Å². The van der Waals surface area contributed by atoms with E-state index < -0.39 is 0 Å². The fourth-order valence-corrected chi connectivity index (χ4v) is 4.30. The van der Waals surface area contributed by atoms with E-state index in [9.17, 15) is 4.79 Å². The molecule has 28 heavy (non-hydrogen) atoms. The number of amides is 2. The second-order valence-electron chi connectivity index (χ2n) is 6.72. The Morgan fingerprint density at radius 2 is 1.89 bits per heavy atom. The van der Waals surface area contributed by atoms with Crippen molar-refractivity contribution in [2.24, 2.45) is 0 Å². The molecule has 2 heterocycles. The van der Waals surface area contributed by atoms with Gasteiger partial charge >= 0.3 is 6.03 Å². The van der Waals surface area contributed by atoms with Gasteiger partial charge in [-0.1, -0.05) is 42.4 Å². The van der Waals surface area contributed by atoms with Crippen molar-refractivity contribution >= 4 is 22.5 Å². The largest absolute Gasteiger partial charge is 0.497 e. The molecule has 2 amide bonds. The maximum absolute atomic E-state index is 12.7. The van der Waals surface area contributed by atoms with Crippen molar-refractivity contribution in [3.63, 3.8) is 0 Å². The number of benzene rings is 1. The smallest absolute Gasteiger partial charge is 0.321 e. The molecule has 7 nitrogen and oxygen atoms in total. The van der Waals surface area contributed by atoms with Gasteiger partial charge in [-0.15, -0.1) is 10.2 Å². The Bertz CT molecular complexity index is 937. The van der Waals surface area contributed by atoms with Gasteiger partial charge in [-0.2, -0.15) is 0 Å². The average Bonchev–Trinajstić information content (AvgIpc) is 3.39. The Balaban J connectivity index is 1.47. The van der Waals surface area contributed by atoms with Crippen molar-refractivity contribution in [1.29, 1.82) is 0 Å². The molecule has 2 N–H and O–H groups in total. The first-order valence-electron chi connectivity index (χ1n) is 9.17. The van der Waals surface area contributed by atoms with Gasteiger partial charge in [0.25, 0.3) is 0 Å². The number of carbonyl (C=O) groups excluding carboxylic acids is 1. The molecule has 0 bridgehead atoms. The van der Waals surface area contributed by atoms with Crippen molar-refractivity contribution in [2.75, 3.05) is 12.4 Å². The molecule has 3 aromatic rings. The minimum absolute atomic E-state index is 0.276. The van der Waals surface area contributed by atoms with Crippen LogP contribution in [0.3, 0.4) is 0 Å². The first-order valence-corrected chi connectivity index (χ1v) is 9.99. The molecule has 0 atom stereocenters. The van der Waals surface area contributed by atoms with Crippen LogP contribution in [0, 0.1) is 0 Å². The summed E-state index contributed by atoms with van der Waals surface area (Å²) in [7, 11) is 1.65. The molecule has 0 spiro atoms. The molecule has 144 valence electrons. The number of ether oxygens (including phenoxy) is 1. The topological polar surface area (TPSA) is 89.0 Å². The number of carbonyl (C=O) groups is 1. The molecular formula is C20H21N5O2S. The molecule has 0 saturated heterocycles. The second-order valence-corrected chi connectivity index (χ2v) is 7.70. The van der Waals surface area contributed by atoms with E-state index in [-0.39, 0.29) is 11.6 Å². The molecule has 0 radical (unpaired) electrons. The molecule has 8 heteroatoms. The van der Waals surface area contributed by atoms with E-state index >= 15 is 0 Å². The van der Waals surface area contributed by atoms with E-state index in [2.05, 4.69) is 25.8 Å². The van der Waals surface area contributed by atoms with Crippen LogP contribution < -0.4 is 15.4 Å². The lowest BCUT2D eigenvalue weighted by Gasteiger charge is -2.31. The molecule has 1 aliphatic carbocycles. The predicted molar refractivity (Wildman–Crippen MR) is 108 cm³/mol. The normalized spacial score (nSPS) is 15.2. The summed E-state index contributed by atoms with van der Waals surface area (Å²) < 4.78 is 5.25. The summed E-state index contributed by atoms with van der Waals surface area (Å²) >= 11 is 1.30. The van der Waals surface area contributed by atoms with Gasteiger partial charge in [0.2, 0.25) is 5.13 Å². The minimum atomic E-state index is -0.370. The second kappa shape index (κ2) is 7.93. The fraction of sp³-hybridized carbons (Fsp3) is 0.300. The van der Waals surface area contributed by atoms with Crippen LogP contribution in [0.25, 0.3) is 10.7 Å². The number of nitrogens with zero attached hydrogens (tertiary/aromatic N) is 3. The number of rotatable bonds is 5. The number of hydrogen-bond donors (Lipinski definition) is 2. The molecule has 2 aromatic heterocycles. The quantitative estimate of drug-likeness (QED) is 0.676. The minimum Gasteiger partial charge on any atom is -0.497 e. The molecule has 1 fully saturated rings. The lowest BCUT2D eigenvalue weighted by atomic mass is 9.88. The zero-order chi connectivity index (χ0) is 19.4. The zero-order valence-electron chi connectivity index (χ0n) is 15.5. The van der Waals surface area contributed by atoms with Gasteiger partial charge in [-0.3, -0.25) is 10.3 Å². The Hall–Kier alpha value is -3.00. The number of aromatic nitrogens is 3. The van der Waals surface area contributed by atoms with E-state index in [1.54, 1.807) is 13.3 Å². The maximum Gasteiger partial charge on any atom is 0.321 e. The molecule has 0 aliphatic heterocycles. The number of anilines is 1. The number of hydrogen-bond acceptors (Lipinski definition) is 6. The lowest BCUT2D eigenvalue weighted by molar-refractivity contribution is 0.236. The van der Waals surface area contributed by atoms with Crippen LogP contribution in [-0.4, -0.2) is 28.3 Å². The summed E-state index contributed by atoms with van der Waals surface area (Å²) in [6.45, 7) is 0. The lowest BCUT2D eigenvalue weighted by Crippen LogP contribution is -2.45. The SMILES string of the molecule is COc1ccc(C2(NC(=O)Nc3nnc(-c4ccccn4)s3)CCCC2)cc1. The number of methoxy groups -OCH3 is 1. The number of urea groups is 1. The summed E-state index contributed by atoms with van der Waals surface area (Å²) in [5.74, 6) is 0.803. The summed E-state index contributed by atoms with van der Waals surface area (Å²) in [5, 5.41) is 15.3. The van der Waals surface area contributed by atoms with Crippen LogP contribution >= 0.6 is 11.3 Å². The van der Waals surface area contributed by atoms with E-state index in [4.69, 9.17) is 4.74 Å². The standard InChI is InChI=1S/C20H21N5O2S/c1-27-15-9-7-14(8-10-15)20(11-3-4-12-20)23-18(26)22-19-25-24-17(28-19)16-6-2-5-13-21-16/h2,5-10,13H,3-4,11-12H2,1H3,(H2,22,23,25,26). The Morgan fingerprint density at radius 3 is 2.57 bits per heavy atom. The van der Waals surface area contributed by atoms with Gasteiger partial charge in [-0.25, -0.2) is 4.79 Å². The van der Waals surface area contributed by atoms with Crippen molar-refractivity contribution in [3.05, 3.63) is 54.2 Å². The summed E-state index contributed by atoms with van der Waals surface area (Å²) in [6.07, 6.45) is 5.67.